The lowest BCUT2D eigenvalue weighted by Crippen LogP contribution is -2.16. The molecule has 0 saturated heterocycles. The van der Waals surface area contributed by atoms with Crippen LogP contribution < -0.4 is 11.1 Å². The molecule has 3 heteroatoms. The molecule has 0 aliphatic carbocycles. The highest BCUT2D eigenvalue weighted by molar-refractivity contribution is 5.31. The largest absolute Gasteiger partial charge is 0.384 e. The monoisotopic (exact) mass is 255 g/mol. The molecule has 2 aromatic rings. The molecule has 1 heterocycles. The zero-order valence-electron chi connectivity index (χ0n) is 11.3. The molecule has 1 aromatic heterocycles. The summed E-state index contributed by atoms with van der Waals surface area (Å²) in [5.74, 6) is 0.603. The van der Waals surface area contributed by atoms with Crippen LogP contribution in [0.15, 0.2) is 48.7 Å². The average Bonchev–Trinajstić information content (AvgIpc) is 2.45. The summed E-state index contributed by atoms with van der Waals surface area (Å²) in [6.45, 7) is 0. The molecule has 0 spiro atoms. The van der Waals surface area contributed by atoms with E-state index in [2.05, 4.69) is 40.6 Å². The van der Waals surface area contributed by atoms with Crippen molar-refractivity contribution in [3.05, 3.63) is 59.8 Å². The molecule has 0 bridgehead atoms. The molecule has 0 amide bonds. The van der Waals surface area contributed by atoms with Crippen molar-refractivity contribution in [3.8, 4) is 0 Å². The quantitative estimate of drug-likeness (QED) is 0.834. The van der Waals surface area contributed by atoms with E-state index in [1.165, 1.54) is 11.1 Å². The molecule has 19 heavy (non-hydrogen) atoms. The van der Waals surface area contributed by atoms with Gasteiger partial charge in [0.15, 0.2) is 0 Å². The van der Waals surface area contributed by atoms with E-state index >= 15 is 0 Å². The van der Waals surface area contributed by atoms with Gasteiger partial charge in [0.1, 0.15) is 5.82 Å². The van der Waals surface area contributed by atoms with Crippen molar-refractivity contribution in [2.75, 3.05) is 12.8 Å². The zero-order valence-corrected chi connectivity index (χ0v) is 11.3. The summed E-state index contributed by atoms with van der Waals surface area (Å²) in [7, 11) is 2.02. The van der Waals surface area contributed by atoms with Gasteiger partial charge in [-0.05, 0) is 49.6 Å². The molecule has 100 valence electrons. The van der Waals surface area contributed by atoms with Crippen LogP contribution in [0.25, 0.3) is 0 Å². The molecular weight excluding hydrogens is 234 g/mol. The number of aromatic nitrogens is 1. The third-order valence-corrected chi connectivity index (χ3v) is 3.35. The van der Waals surface area contributed by atoms with E-state index < -0.39 is 0 Å². The smallest absolute Gasteiger partial charge is 0.123 e. The average molecular weight is 255 g/mol. The van der Waals surface area contributed by atoms with Gasteiger partial charge in [-0.3, -0.25) is 0 Å². The predicted molar refractivity (Wildman–Crippen MR) is 79.8 cm³/mol. The normalized spacial score (nSPS) is 12.3. The Morgan fingerprint density at radius 3 is 2.68 bits per heavy atom. The second-order valence-corrected chi connectivity index (χ2v) is 4.73. The van der Waals surface area contributed by atoms with E-state index in [1.807, 2.05) is 19.2 Å². The van der Waals surface area contributed by atoms with Crippen molar-refractivity contribution in [2.45, 2.75) is 25.3 Å². The first-order chi connectivity index (χ1) is 9.29. The van der Waals surface area contributed by atoms with E-state index in [4.69, 9.17) is 5.73 Å². The number of aryl methyl sites for hydroxylation is 1. The highest BCUT2D eigenvalue weighted by Crippen LogP contribution is 2.19. The second-order valence-electron chi connectivity index (χ2n) is 4.73. The summed E-state index contributed by atoms with van der Waals surface area (Å²) < 4.78 is 0. The van der Waals surface area contributed by atoms with Crippen LogP contribution in [0.5, 0.6) is 0 Å². The van der Waals surface area contributed by atoms with Crippen LogP contribution in [0.3, 0.4) is 0 Å². The van der Waals surface area contributed by atoms with E-state index in [0.717, 1.165) is 19.3 Å². The maximum Gasteiger partial charge on any atom is 0.123 e. The molecule has 0 radical (unpaired) electrons. The van der Waals surface area contributed by atoms with Crippen LogP contribution >= 0.6 is 0 Å². The molecule has 0 fully saturated rings. The predicted octanol–water partition coefficient (Wildman–Crippen LogP) is 2.95. The molecule has 1 unspecified atom stereocenters. The topological polar surface area (TPSA) is 50.9 Å². The van der Waals surface area contributed by atoms with Crippen molar-refractivity contribution in [1.29, 1.82) is 0 Å². The van der Waals surface area contributed by atoms with Crippen LogP contribution in [-0.4, -0.2) is 12.0 Å². The van der Waals surface area contributed by atoms with Crippen molar-refractivity contribution >= 4 is 5.82 Å². The Labute approximate surface area is 114 Å². The summed E-state index contributed by atoms with van der Waals surface area (Å²) in [5.41, 5.74) is 8.29. The van der Waals surface area contributed by atoms with Crippen molar-refractivity contribution in [2.24, 2.45) is 0 Å². The molecule has 0 saturated carbocycles. The Kier molecular flexibility index (Phi) is 4.93. The van der Waals surface area contributed by atoms with Crippen LogP contribution in [0.2, 0.25) is 0 Å². The molecule has 2 rings (SSSR count). The fourth-order valence-electron chi connectivity index (χ4n) is 2.32. The number of nitrogens with one attached hydrogen (secondary N) is 1. The van der Waals surface area contributed by atoms with Gasteiger partial charge in [-0.25, -0.2) is 4.98 Å². The number of nitrogens with two attached hydrogens (primary N) is 1. The molecule has 1 aromatic carbocycles. The minimum absolute atomic E-state index is 0.417. The Bertz CT molecular complexity index is 496. The Hall–Kier alpha value is -1.87. The second kappa shape index (κ2) is 6.90. The van der Waals surface area contributed by atoms with Crippen LogP contribution in [0.1, 0.15) is 30.0 Å². The summed E-state index contributed by atoms with van der Waals surface area (Å²) in [5, 5.41) is 3.38. The summed E-state index contributed by atoms with van der Waals surface area (Å²) in [4.78, 5) is 4.01. The SMILES string of the molecule is CNC(CCCc1ccnc(N)c1)c1ccccc1. The molecule has 3 nitrogen and oxygen atoms in total. The summed E-state index contributed by atoms with van der Waals surface area (Å²) in [6, 6.07) is 15.0. The Morgan fingerprint density at radius 1 is 1.21 bits per heavy atom. The lowest BCUT2D eigenvalue weighted by molar-refractivity contribution is 0.527. The van der Waals surface area contributed by atoms with Gasteiger partial charge in [0, 0.05) is 12.2 Å². The first kappa shape index (κ1) is 13.6. The third kappa shape index (κ3) is 4.07. The number of nitrogens with zero attached hydrogens (tertiary/aromatic N) is 1. The summed E-state index contributed by atoms with van der Waals surface area (Å²) in [6.07, 6.45) is 5.06. The molecular formula is C16H21N3. The third-order valence-electron chi connectivity index (χ3n) is 3.35. The van der Waals surface area contributed by atoms with Gasteiger partial charge in [-0.15, -0.1) is 0 Å². The lowest BCUT2D eigenvalue weighted by Gasteiger charge is -2.16. The maximum atomic E-state index is 5.68. The first-order valence-electron chi connectivity index (χ1n) is 6.72. The van der Waals surface area contributed by atoms with E-state index in [-0.39, 0.29) is 0 Å². The number of hydrogen-bond donors (Lipinski definition) is 2. The fourth-order valence-corrected chi connectivity index (χ4v) is 2.32. The van der Waals surface area contributed by atoms with Gasteiger partial charge >= 0.3 is 0 Å². The van der Waals surface area contributed by atoms with Gasteiger partial charge < -0.3 is 11.1 Å². The number of nitrogen functional groups attached to an aromatic ring is 1. The lowest BCUT2D eigenvalue weighted by atomic mass is 9.99. The maximum absolute atomic E-state index is 5.68. The minimum atomic E-state index is 0.417. The number of rotatable bonds is 6. The highest BCUT2D eigenvalue weighted by Gasteiger charge is 2.08. The van der Waals surface area contributed by atoms with E-state index in [9.17, 15) is 0 Å². The molecule has 0 aliphatic rings. The number of benzene rings is 1. The minimum Gasteiger partial charge on any atom is -0.384 e. The van der Waals surface area contributed by atoms with Gasteiger partial charge in [0.05, 0.1) is 0 Å². The fraction of sp³-hybridized carbons (Fsp3) is 0.312. The van der Waals surface area contributed by atoms with Crippen LogP contribution in [0.4, 0.5) is 5.82 Å². The summed E-state index contributed by atoms with van der Waals surface area (Å²) >= 11 is 0. The van der Waals surface area contributed by atoms with Crippen molar-refractivity contribution in [1.82, 2.24) is 10.3 Å². The number of hydrogen-bond acceptors (Lipinski definition) is 3. The molecule has 3 N–H and O–H groups in total. The molecule has 1 atom stereocenters. The van der Waals surface area contributed by atoms with Crippen LogP contribution in [0, 0.1) is 0 Å². The van der Waals surface area contributed by atoms with E-state index in [1.54, 1.807) is 6.20 Å². The van der Waals surface area contributed by atoms with Crippen molar-refractivity contribution in [3.63, 3.8) is 0 Å². The van der Waals surface area contributed by atoms with Crippen LogP contribution in [-0.2, 0) is 6.42 Å². The number of pyridine rings is 1. The molecule has 0 aliphatic heterocycles. The van der Waals surface area contributed by atoms with Crippen molar-refractivity contribution < 1.29 is 0 Å². The van der Waals surface area contributed by atoms with Gasteiger partial charge in [-0.1, -0.05) is 30.3 Å². The van der Waals surface area contributed by atoms with E-state index in [0.29, 0.717) is 11.9 Å². The van der Waals surface area contributed by atoms with Gasteiger partial charge in [0.25, 0.3) is 0 Å². The first-order valence-corrected chi connectivity index (χ1v) is 6.72. The van der Waals surface area contributed by atoms with Gasteiger partial charge in [-0.2, -0.15) is 0 Å². The highest BCUT2D eigenvalue weighted by atomic mass is 14.9. The van der Waals surface area contributed by atoms with Gasteiger partial charge in [0.2, 0.25) is 0 Å². The standard InChI is InChI=1S/C16H21N3/c1-18-15(14-7-3-2-4-8-14)9-5-6-13-10-11-19-16(17)12-13/h2-4,7-8,10-12,15,18H,5-6,9H2,1H3,(H2,17,19). The number of anilines is 1. The Morgan fingerprint density at radius 2 is 2.00 bits per heavy atom. The Balaban J connectivity index is 1.87. The zero-order chi connectivity index (χ0) is 13.5.